The SMILES string of the molecule is COc1cccc(CN2C(=O)CC[C@]2(C)C(=O)NC2CCCCC2)c1. The fourth-order valence-corrected chi connectivity index (χ4v) is 3.94. The first-order valence-corrected chi connectivity index (χ1v) is 9.27. The molecule has 1 aliphatic carbocycles. The Morgan fingerprint density at radius 1 is 1.32 bits per heavy atom. The highest BCUT2D eigenvalue weighted by atomic mass is 16.5. The molecule has 1 saturated carbocycles. The van der Waals surface area contributed by atoms with Crippen LogP contribution >= 0.6 is 0 Å². The van der Waals surface area contributed by atoms with Gasteiger partial charge in [0.15, 0.2) is 0 Å². The Labute approximate surface area is 149 Å². The minimum absolute atomic E-state index is 0.00635. The lowest BCUT2D eigenvalue weighted by molar-refractivity contribution is -0.141. The summed E-state index contributed by atoms with van der Waals surface area (Å²) in [7, 11) is 1.63. The second-order valence-electron chi connectivity index (χ2n) is 7.41. The first kappa shape index (κ1) is 17.8. The molecule has 136 valence electrons. The molecule has 0 unspecified atom stereocenters. The van der Waals surface area contributed by atoms with Crippen LogP contribution in [0.4, 0.5) is 0 Å². The predicted molar refractivity (Wildman–Crippen MR) is 96.2 cm³/mol. The first-order chi connectivity index (χ1) is 12.0. The van der Waals surface area contributed by atoms with Crippen LogP contribution in [0, 0.1) is 0 Å². The van der Waals surface area contributed by atoms with Gasteiger partial charge >= 0.3 is 0 Å². The van der Waals surface area contributed by atoms with E-state index in [4.69, 9.17) is 4.74 Å². The van der Waals surface area contributed by atoms with Crippen LogP contribution < -0.4 is 10.1 Å². The maximum Gasteiger partial charge on any atom is 0.245 e. The quantitative estimate of drug-likeness (QED) is 0.893. The Balaban J connectivity index is 1.73. The smallest absolute Gasteiger partial charge is 0.245 e. The van der Waals surface area contributed by atoms with Crippen molar-refractivity contribution in [1.82, 2.24) is 10.2 Å². The minimum Gasteiger partial charge on any atom is -0.497 e. The fraction of sp³-hybridized carbons (Fsp3) is 0.600. The Kier molecular flexibility index (Phi) is 5.30. The minimum atomic E-state index is -0.766. The summed E-state index contributed by atoms with van der Waals surface area (Å²) in [6.07, 6.45) is 6.70. The van der Waals surface area contributed by atoms with Gasteiger partial charge in [0.2, 0.25) is 11.8 Å². The molecule has 0 aromatic heterocycles. The van der Waals surface area contributed by atoms with E-state index in [1.807, 2.05) is 31.2 Å². The summed E-state index contributed by atoms with van der Waals surface area (Å²) in [4.78, 5) is 27.2. The number of likely N-dealkylation sites (tertiary alicyclic amines) is 1. The van der Waals surface area contributed by atoms with Crippen LogP contribution in [0.1, 0.15) is 57.4 Å². The Bertz CT molecular complexity index is 640. The van der Waals surface area contributed by atoms with Gasteiger partial charge in [-0.25, -0.2) is 0 Å². The standard InChI is InChI=1S/C20H28N2O3/c1-20(19(24)21-16-8-4-3-5-9-16)12-11-18(23)22(20)14-15-7-6-10-17(13-15)25-2/h6-7,10,13,16H,3-5,8-9,11-12,14H2,1-2H3,(H,21,24)/t20-/m1/s1. The number of hydrogen-bond acceptors (Lipinski definition) is 3. The Morgan fingerprint density at radius 3 is 2.80 bits per heavy atom. The second kappa shape index (κ2) is 7.46. The molecule has 5 nitrogen and oxygen atoms in total. The molecule has 2 fully saturated rings. The lowest BCUT2D eigenvalue weighted by Gasteiger charge is -2.36. The number of amides is 2. The van der Waals surface area contributed by atoms with Crippen molar-refractivity contribution in [3.8, 4) is 5.75 Å². The molecule has 1 saturated heterocycles. The highest BCUT2D eigenvalue weighted by Gasteiger charge is 2.47. The van der Waals surface area contributed by atoms with Crippen LogP contribution in [0.5, 0.6) is 5.75 Å². The van der Waals surface area contributed by atoms with E-state index >= 15 is 0 Å². The molecular weight excluding hydrogens is 316 g/mol. The third kappa shape index (κ3) is 3.80. The fourth-order valence-electron chi connectivity index (χ4n) is 3.94. The number of methoxy groups -OCH3 is 1. The Hall–Kier alpha value is -2.04. The zero-order valence-corrected chi connectivity index (χ0v) is 15.2. The van der Waals surface area contributed by atoms with E-state index in [1.54, 1.807) is 12.0 Å². The van der Waals surface area contributed by atoms with Gasteiger partial charge < -0.3 is 15.0 Å². The zero-order chi connectivity index (χ0) is 17.9. The molecule has 5 heteroatoms. The highest BCUT2D eigenvalue weighted by molar-refractivity contribution is 5.94. The molecule has 1 N–H and O–H groups in total. The molecule has 2 aliphatic rings. The predicted octanol–water partition coefficient (Wildman–Crippen LogP) is 3.03. The number of benzene rings is 1. The van der Waals surface area contributed by atoms with Crippen molar-refractivity contribution in [2.24, 2.45) is 0 Å². The van der Waals surface area contributed by atoms with Gasteiger partial charge in [-0.15, -0.1) is 0 Å². The molecule has 1 aromatic carbocycles. The average molecular weight is 344 g/mol. The zero-order valence-electron chi connectivity index (χ0n) is 15.2. The van der Waals surface area contributed by atoms with Gasteiger partial charge in [0.25, 0.3) is 0 Å². The maximum atomic E-state index is 13.0. The molecule has 2 amide bonds. The van der Waals surface area contributed by atoms with E-state index in [0.29, 0.717) is 19.4 Å². The van der Waals surface area contributed by atoms with Crippen molar-refractivity contribution in [2.75, 3.05) is 7.11 Å². The van der Waals surface area contributed by atoms with Crippen molar-refractivity contribution in [3.63, 3.8) is 0 Å². The number of hydrogen-bond donors (Lipinski definition) is 1. The van der Waals surface area contributed by atoms with Gasteiger partial charge in [0, 0.05) is 19.0 Å². The van der Waals surface area contributed by atoms with Crippen LogP contribution in [0.25, 0.3) is 0 Å². The maximum absolute atomic E-state index is 13.0. The summed E-state index contributed by atoms with van der Waals surface area (Å²) in [5.74, 6) is 0.801. The summed E-state index contributed by atoms with van der Waals surface area (Å²) in [6, 6.07) is 7.93. The van der Waals surface area contributed by atoms with Gasteiger partial charge in [-0.1, -0.05) is 31.4 Å². The Morgan fingerprint density at radius 2 is 2.08 bits per heavy atom. The number of nitrogens with zero attached hydrogens (tertiary/aromatic N) is 1. The number of nitrogens with one attached hydrogen (secondary N) is 1. The van der Waals surface area contributed by atoms with E-state index in [9.17, 15) is 9.59 Å². The van der Waals surface area contributed by atoms with Crippen LogP contribution in [-0.2, 0) is 16.1 Å². The summed E-state index contributed by atoms with van der Waals surface area (Å²) in [6.45, 7) is 2.33. The normalized spacial score (nSPS) is 24.4. The number of ether oxygens (including phenoxy) is 1. The first-order valence-electron chi connectivity index (χ1n) is 9.27. The monoisotopic (exact) mass is 344 g/mol. The topological polar surface area (TPSA) is 58.6 Å². The molecule has 0 radical (unpaired) electrons. The van der Waals surface area contributed by atoms with Gasteiger partial charge in [-0.2, -0.15) is 0 Å². The van der Waals surface area contributed by atoms with E-state index in [-0.39, 0.29) is 17.9 Å². The number of carbonyl (C=O) groups is 2. The number of carbonyl (C=O) groups excluding carboxylic acids is 2. The van der Waals surface area contributed by atoms with Gasteiger partial charge in [0.05, 0.1) is 7.11 Å². The van der Waals surface area contributed by atoms with Crippen LogP contribution in [0.3, 0.4) is 0 Å². The lowest BCUT2D eigenvalue weighted by atomic mass is 9.92. The van der Waals surface area contributed by atoms with Crippen molar-refractivity contribution >= 4 is 11.8 Å². The van der Waals surface area contributed by atoms with E-state index in [2.05, 4.69) is 5.32 Å². The van der Waals surface area contributed by atoms with Crippen LogP contribution in [-0.4, -0.2) is 35.4 Å². The van der Waals surface area contributed by atoms with Gasteiger partial charge in [-0.3, -0.25) is 9.59 Å². The third-order valence-electron chi connectivity index (χ3n) is 5.63. The molecule has 3 rings (SSSR count). The van der Waals surface area contributed by atoms with Gasteiger partial charge in [-0.05, 0) is 43.9 Å². The number of rotatable bonds is 5. The molecule has 1 aliphatic heterocycles. The lowest BCUT2D eigenvalue weighted by Crippen LogP contribution is -2.56. The molecule has 0 bridgehead atoms. The van der Waals surface area contributed by atoms with Crippen molar-refractivity contribution in [2.45, 2.75) is 70.0 Å². The summed E-state index contributed by atoms with van der Waals surface area (Å²) < 4.78 is 5.26. The average Bonchev–Trinajstić information content (AvgIpc) is 2.92. The third-order valence-corrected chi connectivity index (χ3v) is 5.63. The van der Waals surface area contributed by atoms with Crippen molar-refractivity contribution in [1.29, 1.82) is 0 Å². The summed E-state index contributed by atoms with van der Waals surface area (Å²) in [5.41, 5.74) is 0.212. The molecule has 1 heterocycles. The van der Waals surface area contributed by atoms with Crippen LogP contribution in [0.15, 0.2) is 24.3 Å². The second-order valence-corrected chi connectivity index (χ2v) is 7.41. The molecule has 1 aromatic rings. The molecule has 25 heavy (non-hydrogen) atoms. The van der Waals surface area contributed by atoms with E-state index in [1.165, 1.54) is 19.3 Å². The van der Waals surface area contributed by atoms with Crippen molar-refractivity contribution in [3.05, 3.63) is 29.8 Å². The van der Waals surface area contributed by atoms with Gasteiger partial charge in [0.1, 0.15) is 11.3 Å². The molecule has 1 atom stereocenters. The van der Waals surface area contributed by atoms with Crippen LogP contribution in [0.2, 0.25) is 0 Å². The highest BCUT2D eigenvalue weighted by Crippen LogP contribution is 2.33. The van der Waals surface area contributed by atoms with E-state index in [0.717, 1.165) is 24.2 Å². The molecular formula is C20H28N2O3. The van der Waals surface area contributed by atoms with E-state index < -0.39 is 5.54 Å². The molecule has 0 spiro atoms. The summed E-state index contributed by atoms with van der Waals surface area (Å²) in [5, 5.41) is 3.20. The summed E-state index contributed by atoms with van der Waals surface area (Å²) >= 11 is 0. The largest absolute Gasteiger partial charge is 0.497 e. The van der Waals surface area contributed by atoms with Crippen molar-refractivity contribution < 1.29 is 14.3 Å².